The number of halogens is 1. The smallest absolute Gasteiger partial charge is 0.261 e. The fraction of sp³-hybridized carbons (Fsp3) is 0.278. The third kappa shape index (κ3) is 3.74. The summed E-state index contributed by atoms with van der Waals surface area (Å²) < 4.78 is 16.3. The van der Waals surface area contributed by atoms with E-state index in [2.05, 4.69) is 5.32 Å². The molecule has 1 atom stereocenters. The molecule has 1 N–H and O–H groups in total. The molecule has 24 heavy (non-hydrogen) atoms. The Morgan fingerprint density at radius 1 is 1.25 bits per heavy atom. The maximum atomic E-state index is 12.4. The molecule has 0 aliphatic carbocycles. The highest BCUT2D eigenvalue weighted by Gasteiger charge is 2.20. The lowest BCUT2D eigenvalue weighted by atomic mass is 10.2. The standard InChI is InChI=1S/C18H18ClNO4/c1-2-14(24-15-6-4-3-5-13(15)19)18(21)20-10-12-7-8-16-17(9-12)23-11-22-16/h3-9,14H,2,10-11H2,1H3,(H,20,21)/t14-/m0/s1. The van der Waals surface area contributed by atoms with Gasteiger partial charge in [-0.15, -0.1) is 0 Å². The van der Waals surface area contributed by atoms with Gasteiger partial charge >= 0.3 is 0 Å². The van der Waals surface area contributed by atoms with Crippen molar-refractivity contribution in [1.82, 2.24) is 5.32 Å². The number of fused-ring (bicyclic) bond motifs is 1. The van der Waals surface area contributed by atoms with Crippen LogP contribution in [0.25, 0.3) is 0 Å². The number of ether oxygens (including phenoxy) is 3. The summed E-state index contributed by atoms with van der Waals surface area (Å²) in [4.78, 5) is 12.4. The van der Waals surface area contributed by atoms with Gasteiger partial charge in [0.2, 0.25) is 6.79 Å². The molecule has 1 amide bonds. The van der Waals surface area contributed by atoms with E-state index in [-0.39, 0.29) is 12.7 Å². The van der Waals surface area contributed by atoms with Gasteiger partial charge in [0.25, 0.3) is 5.91 Å². The van der Waals surface area contributed by atoms with Crippen LogP contribution in [-0.4, -0.2) is 18.8 Å². The lowest BCUT2D eigenvalue weighted by Crippen LogP contribution is -2.37. The number of hydrogen-bond donors (Lipinski definition) is 1. The van der Waals surface area contributed by atoms with Crippen molar-refractivity contribution in [3.05, 3.63) is 53.1 Å². The highest BCUT2D eigenvalue weighted by atomic mass is 35.5. The van der Waals surface area contributed by atoms with Crippen LogP contribution in [0.2, 0.25) is 5.02 Å². The number of amides is 1. The summed E-state index contributed by atoms with van der Waals surface area (Å²) >= 11 is 6.07. The minimum atomic E-state index is -0.598. The van der Waals surface area contributed by atoms with Gasteiger partial charge in [0.1, 0.15) is 5.75 Å². The molecule has 1 heterocycles. The molecule has 1 aliphatic heterocycles. The van der Waals surface area contributed by atoms with Crippen LogP contribution in [0.3, 0.4) is 0 Å². The fourth-order valence-electron chi connectivity index (χ4n) is 2.37. The zero-order chi connectivity index (χ0) is 16.9. The third-order valence-corrected chi connectivity index (χ3v) is 3.99. The Labute approximate surface area is 145 Å². The van der Waals surface area contributed by atoms with E-state index >= 15 is 0 Å². The summed E-state index contributed by atoms with van der Waals surface area (Å²) in [5, 5.41) is 3.36. The summed E-state index contributed by atoms with van der Waals surface area (Å²) in [6.07, 6.45) is -0.0584. The van der Waals surface area contributed by atoms with Gasteiger partial charge in [-0.25, -0.2) is 0 Å². The third-order valence-electron chi connectivity index (χ3n) is 3.67. The van der Waals surface area contributed by atoms with E-state index in [4.69, 9.17) is 25.8 Å². The maximum Gasteiger partial charge on any atom is 0.261 e. The quantitative estimate of drug-likeness (QED) is 0.868. The molecule has 0 radical (unpaired) electrons. The van der Waals surface area contributed by atoms with Crippen molar-refractivity contribution < 1.29 is 19.0 Å². The molecule has 0 saturated heterocycles. The second-order valence-corrected chi connectivity index (χ2v) is 5.76. The highest BCUT2D eigenvalue weighted by Crippen LogP contribution is 2.32. The summed E-state index contributed by atoms with van der Waals surface area (Å²) in [5.74, 6) is 1.74. The van der Waals surface area contributed by atoms with E-state index in [9.17, 15) is 4.79 Å². The van der Waals surface area contributed by atoms with E-state index in [0.717, 1.165) is 11.3 Å². The molecule has 0 bridgehead atoms. The Kier molecular flexibility index (Phi) is 5.11. The highest BCUT2D eigenvalue weighted by molar-refractivity contribution is 6.32. The molecule has 0 fully saturated rings. The van der Waals surface area contributed by atoms with Gasteiger partial charge in [0.05, 0.1) is 5.02 Å². The van der Waals surface area contributed by atoms with Crippen LogP contribution in [0.15, 0.2) is 42.5 Å². The zero-order valence-electron chi connectivity index (χ0n) is 13.3. The van der Waals surface area contributed by atoms with E-state index < -0.39 is 6.10 Å². The summed E-state index contributed by atoms with van der Waals surface area (Å²) in [6.45, 7) is 2.51. The molecule has 2 aromatic rings. The van der Waals surface area contributed by atoms with Gasteiger partial charge in [0.15, 0.2) is 17.6 Å². The van der Waals surface area contributed by atoms with Crippen molar-refractivity contribution in [2.24, 2.45) is 0 Å². The first-order chi connectivity index (χ1) is 11.7. The van der Waals surface area contributed by atoms with Crippen LogP contribution >= 0.6 is 11.6 Å². The second kappa shape index (κ2) is 7.45. The normalized spacial score (nSPS) is 13.4. The SMILES string of the molecule is CC[C@H](Oc1ccccc1Cl)C(=O)NCc1ccc2c(c1)OCO2. The Morgan fingerprint density at radius 3 is 2.83 bits per heavy atom. The monoisotopic (exact) mass is 347 g/mol. The van der Waals surface area contributed by atoms with Crippen LogP contribution in [-0.2, 0) is 11.3 Å². The molecule has 0 saturated carbocycles. The van der Waals surface area contributed by atoms with Crippen molar-refractivity contribution in [1.29, 1.82) is 0 Å². The topological polar surface area (TPSA) is 56.8 Å². The predicted molar refractivity (Wildman–Crippen MR) is 90.6 cm³/mol. The van der Waals surface area contributed by atoms with Gasteiger partial charge < -0.3 is 19.5 Å². The minimum Gasteiger partial charge on any atom is -0.479 e. The fourth-order valence-corrected chi connectivity index (χ4v) is 2.55. The maximum absolute atomic E-state index is 12.4. The lowest BCUT2D eigenvalue weighted by molar-refractivity contribution is -0.128. The molecule has 126 valence electrons. The van der Waals surface area contributed by atoms with Crippen LogP contribution in [0.4, 0.5) is 0 Å². The molecule has 6 heteroatoms. The van der Waals surface area contributed by atoms with Gasteiger partial charge in [-0.2, -0.15) is 0 Å². The molecule has 3 rings (SSSR count). The van der Waals surface area contributed by atoms with E-state index in [1.54, 1.807) is 12.1 Å². The van der Waals surface area contributed by atoms with E-state index in [0.29, 0.717) is 29.5 Å². The molecule has 5 nitrogen and oxygen atoms in total. The number of nitrogens with one attached hydrogen (secondary N) is 1. The summed E-state index contributed by atoms with van der Waals surface area (Å²) in [6, 6.07) is 12.7. The number of carbonyl (C=O) groups excluding carboxylic acids is 1. The van der Waals surface area contributed by atoms with Crippen LogP contribution < -0.4 is 19.5 Å². The Morgan fingerprint density at radius 2 is 2.04 bits per heavy atom. The molecule has 0 aromatic heterocycles. The Hall–Kier alpha value is -2.40. The first-order valence-corrected chi connectivity index (χ1v) is 8.12. The molecule has 1 aliphatic rings. The predicted octanol–water partition coefficient (Wildman–Crippen LogP) is 3.54. The van der Waals surface area contributed by atoms with Crippen LogP contribution in [0.5, 0.6) is 17.2 Å². The second-order valence-electron chi connectivity index (χ2n) is 5.35. The number of benzene rings is 2. The van der Waals surface area contributed by atoms with Gasteiger partial charge in [-0.1, -0.05) is 36.7 Å². The summed E-state index contributed by atoms with van der Waals surface area (Å²) in [7, 11) is 0. The molecule has 0 unspecified atom stereocenters. The molecule has 2 aromatic carbocycles. The average Bonchev–Trinajstić information content (AvgIpc) is 3.06. The number of carbonyl (C=O) groups is 1. The first kappa shape index (κ1) is 16.5. The van der Waals surface area contributed by atoms with Gasteiger partial charge in [-0.05, 0) is 36.2 Å². The van der Waals surface area contributed by atoms with Crippen LogP contribution in [0, 0.1) is 0 Å². The van der Waals surface area contributed by atoms with E-state index in [1.807, 2.05) is 37.3 Å². The number of hydrogen-bond acceptors (Lipinski definition) is 4. The van der Waals surface area contributed by atoms with Crippen molar-refractivity contribution in [3.63, 3.8) is 0 Å². The Bertz CT molecular complexity index is 735. The largest absolute Gasteiger partial charge is 0.479 e. The van der Waals surface area contributed by atoms with E-state index in [1.165, 1.54) is 0 Å². The Balaban J connectivity index is 1.59. The average molecular weight is 348 g/mol. The van der Waals surface area contributed by atoms with Gasteiger partial charge in [-0.3, -0.25) is 4.79 Å². The van der Waals surface area contributed by atoms with Crippen molar-refractivity contribution >= 4 is 17.5 Å². The van der Waals surface area contributed by atoms with Crippen molar-refractivity contribution in [2.45, 2.75) is 26.0 Å². The van der Waals surface area contributed by atoms with Gasteiger partial charge in [0, 0.05) is 6.54 Å². The zero-order valence-corrected chi connectivity index (χ0v) is 14.0. The van der Waals surface area contributed by atoms with Crippen LogP contribution in [0.1, 0.15) is 18.9 Å². The first-order valence-electron chi connectivity index (χ1n) is 7.75. The minimum absolute atomic E-state index is 0.185. The molecular weight excluding hydrogens is 330 g/mol. The molecule has 0 spiro atoms. The van der Waals surface area contributed by atoms with Crippen molar-refractivity contribution in [2.75, 3.05) is 6.79 Å². The lowest BCUT2D eigenvalue weighted by Gasteiger charge is -2.18. The molecular formula is C18H18ClNO4. The van der Waals surface area contributed by atoms with Crippen molar-refractivity contribution in [3.8, 4) is 17.2 Å². The number of para-hydroxylation sites is 1. The number of rotatable bonds is 6. The summed E-state index contributed by atoms with van der Waals surface area (Å²) in [5.41, 5.74) is 0.931.